The summed E-state index contributed by atoms with van der Waals surface area (Å²) in [4.78, 5) is 11.0. The molecule has 1 aliphatic rings. The van der Waals surface area contributed by atoms with Gasteiger partial charge in [0, 0.05) is 11.9 Å². The van der Waals surface area contributed by atoms with Gasteiger partial charge in [-0.15, -0.1) is 0 Å². The molecule has 2 atom stereocenters. The van der Waals surface area contributed by atoms with Crippen LogP contribution in [0.3, 0.4) is 0 Å². The van der Waals surface area contributed by atoms with Gasteiger partial charge in [0.25, 0.3) is 0 Å². The predicted molar refractivity (Wildman–Crippen MR) is 58.2 cm³/mol. The maximum absolute atomic E-state index is 11.0. The summed E-state index contributed by atoms with van der Waals surface area (Å²) in [7, 11) is 1.64. The Morgan fingerprint density at radius 1 is 1.50 bits per heavy atom. The molecule has 0 aliphatic heterocycles. The van der Waals surface area contributed by atoms with E-state index in [2.05, 4.69) is 0 Å². The van der Waals surface area contributed by atoms with Crippen LogP contribution in [-0.4, -0.2) is 13.1 Å². The average molecular weight is 219 g/mol. The number of aliphatic carboxylic acids is 1. The summed E-state index contributed by atoms with van der Waals surface area (Å²) >= 11 is 0. The van der Waals surface area contributed by atoms with Crippen LogP contribution in [0, 0.1) is 5.92 Å². The van der Waals surface area contributed by atoms with E-state index >= 15 is 0 Å². The van der Waals surface area contributed by atoms with Gasteiger partial charge in [-0.1, -0.05) is 13.0 Å². The molecule has 0 unspecified atom stereocenters. The fourth-order valence-electron chi connectivity index (χ4n) is 2.47. The molecule has 86 valence electrons. The molecule has 0 radical (unpaired) electrons. The van der Waals surface area contributed by atoms with Gasteiger partial charge in [-0.3, -0.25) is 0 Å². The lowest BCUT2D eigenvalue weighted by Crippen LogP contribution is -2.36. The maximum atomic E-state index is 11.0. The second-order valence-electron chi connectivity index (χ2n) is 4.32. The maximum Gasteiger partial charge on any atom is 0.119 e. The Balaban J connectivity index is 2.35. The lowest BCUT2D eigenvalue weighted by molar-refractivity contribution is -0.312. The smallest absolute Gasteiger partial charge is 0.119 e. The monoisotopic (exact) mass is 219 g/mol. The molecule has 0 amide bonds. The molecule has 0 fully saturated rings. The molecule has 0 spiro atoms. The third kappa shape index (κ3) is 1.77. The highest BCUT2D eigenvalue weighted by molar-refractivity contribution is 5.70. The van der Waals surface area contributed by atoms with Crippen molar-refractivity contribution in [2.75, 3.05) is 7.11 Å². The number of hydrogen-bond donors (Lipinski definition) is 0. The van der Waals surface area contributed by atoms with Crippen LogP contribution < -0.4 is 9.84 Å². The summed E-state index contributed by atoms with van der Waals surface area (Å²) in [5.41, 5.74) is 2.31. The van der Waals surface area contributed by atoms with Crippen LogP contribution in [0.1, 0.15) is 30.4 Å². The lowest BCUT2D eigenvalue weighted by Gasteiger charge is -2.32. The van der Waals surface area contributed by atoms with Crippen molar-refractivity contribution >= 4 is 5.97 Å². The minimum Gasteiger partial charge on any atom is -0.550 e. The number of ether oxygens (including phenoxy) is 1. The number of fused-ring (bicyclic) bond motifs is 1. The van der Waals surface area contributed by atoms with Gasteiger partial charge in [0.15, 0.2) is 0 Å². The first kappa shape index (κ1) is 11.0. The number of aryl methyl sites for hydroxylation is 1. The van der Waals surface area contributed by atoms with Crippen molar-refractivity contribution < 1.29 is 14.6 Å². The number of carbonyl (C=O) groups is 1. The van der Waals surface area contributed by atoms with Gasteiger partial charge in [0.05, 0.1) is 7.11 Å². The highest BCUT2D eigenvalue weighted by atomic mass is 16.5. The van der Waals surface area contributed by atoms with E-state index in [0.29, 0.717) is 6.42 Å². The first-order valence-corrected chi connectivity index (χ1v) is 5.51. The Kier molecular flexibility index (Phi) is 2.86. The zero-order chi connectivity index (χ0) is 11.7. The SMILES string of the molecule is COc1ccc2c(c1)CC[C@H](C(=O)[O-])[C@@H]2C. The van der Waals surface area contributed by atoms with Gasteiger partial charge >= 0.3 is 0 Å². The molecular formula is C13H15O3-. The number of hydrogen-bond acceptors (Lipinski definition) is 3. The Hall–Kier alpha value is -1.51. The second kappa shape index (κ2) is 4.16. The largest absolute Gasteiger partial charge is 0.550 e. The quantitative estimate of drug-likeness (QED) is 0.748. The molecular weight excluding hydrogens is 204 g/mol. The minimum absolute atomic E-state index is 0.0275. The summed E-state index contributed by atoms with van der Waals surface area (Å²) in [5, 5.41) is 11.0. The zero-order valence-corrected chi connectivity index (χ0v) is 9.53. The number of carboxylic acids is 1. The van der Waals surface area contributed by atoms with E-state index in [9.17, 15) is 9.90 Å². The van der Waals surface area contributed by atoms with Crippen LogP contribution in [0.25, 0.3) is 0 Å². The minimum atomic E-state index is -0.936. The Labute approximate surface area is 95.0 Å². The van der Waals surface area contributed by atoms with E-state index in [4.69, 9.17) is 4.74 Å². The number of carbonyl (C=O) groups excluding carboxylic acids is 1. The molecule has 16 heavy (non-hydrogen) atoms. The van der Waals surface area contributed by atoms with Crippen LogP contribution in [0.15, 0.2) is 18.2 Å². The predicted octanol–water partition coefficient (Wildman–Crippen LogP) is 1.11. The molecule has 3 heteroatoms. The molecule has 0 heterocycles. The Bertz CT molecular complexity index is 412. The van der Waals surface area contributed by atoms with E-state index < -0.39 is 5.97 Å². The Morgan fingerprint density at radius 3 is 2.88 bits per heavy atom. The van der Waals surface area contributed by atoms with Crippen LogP contribution in [-0.2, 0) is 11.2 Å². The van der Waals surface area contributed by atoms with Crippen LogP contribution in [0.5, 0.6) is 5.75 Å². The summed E-state index contributed by atoms with van der Waals surface area (Å²) in [6.45, 7) is 1.95. The van der Waals surface area contributed by atoms with Crippen molar-refractivity contribution in [3.8, 4) is 5.75 Å². The molecule has 0 N–H and O–H groups in total. The zero-order valence-electron chi connectivity index (χ0n) is 9.53. The molecule has 1 aromatic rings. The standard InChI is InChI=1S/C13H16O3/c1-8-11-6-4-10(16-2)7-9(11)3-5-12(8)13(14)15/h4,6-8,12H,3,5H2,1-2H3,(H,14,15)/p-1/t8-,12+/m1/s1. The highest BCUT2D eigenvalue weighted by Crippen LogP contribution is 2.37. The number of rotatable bonds is 2. The lowest BCUT2D eigenvalue weighted by atomic mass is 9.76. The van der Waals surface area contributed by atoms with Crippen molar-refractivity contribution in [3.05, 3.63) is 29.3 Å². The van der Waals surface area contributed by atoms with E-state index in [1.165, 1.54) is 5.56 Å². The molecule has 0 bridgehead atoms. The van der Waals surface area contributed by atoms with Crippen molar-refractivity contribution in [1.82, 2.24) is 0 Å². The van der Waals surface area contributed by atoms with Crippen molar-refractivity contribution in [2.24, 2.45) is 5.92 Å². The topological polar surface area (TPSA) is 49.4 Å². The third-order valence-electron chi connectivity index (χ3n) is 3.47. The van der Waals surface area contributed by atoms with Gasteiger partial charge in [0.2, 0.25) is 0 Å². The fourth-order valence-corrected chi connectivity index (χ4v) is 2.47. The van der Waals surface area contributed by atoms with Gasteiger partial charge in [-0.05, 0) is 42.0 Å². The summed E-state index contributed by atoms with van der Waals surface area (Å²) in [6.07, 6.45) is 1.44. The third-order valence-corrected chi connectivity index (χ3v) is 3.47. The van der Waals surface area contributed by atoms with E-state index in [1.54, 1.807) is 7.11 Å². The molecule has 0 saturated carbocycles. The molecule has 0 aromatic heterocycles. The van der Waals surface area contributed by atoms with Crippen molar-refractivity contribution in [3.63, 3.8) is 0 Å². The van der Waals surface area contributed by atoms with Gasteiger partial charge in [-0.2, -0.15) is 0 Å². The van der Waals surface area contributed by atoms with Crippen LogP contribution >= 0.6 is 0 Å². The van der Waals surface area contributed by atoms with Gasteiger partial charge in [0.1, 0.15) is 5.75 Å². The summed E-state index contributed by atoms with van der Waals surface area (Å²) in [6, 6.07) is 5.85. The molecule has 3 nitrogen and oxygen atoms in total. The first-order chi connectivity index (χ1) is 7.63. The normalized spacial score (nSPS) is 23.6. The first-order valence-electron chi connectivity index (χ1n) is 5.51. The van der Waals surface area contributed by atoms with Crippen molar-refractivity contribution in [1.29, 1.82) is 0 Å². The van der Waals surface area contributed by atoms with Gasteiger partial charge < -0.3 is 14.6 Å². The average Bonchev–Trinajstić information content (AvgIpc) is 2.28. The Morgan fingerprint density at radius 2 is 2.25 bits per heavy atom. The number of methoxy groups -OCH3 is 1. The molecule has 1 aliphatic carbocycles. The van der Waals surface area contributed by atoms with E-state index in [0.717, 1.165) is 17.7 Å². The van der Waals surface area contributed by atoms with Crippen LogP contribution in [0.4, 0.5) is 0 Å². The van der Waals surface area contributed by atoms with E-state index in [1.807, 2.05) is 25.1 Å². The van der Waals surface area contributed by atoms with E-state index in [-0.39, 0.29) is 11.8 Å². The van der Waals surface area contributed by atoms with Gasteiger partial charge in [-0.25, -0.2) is 0 Å². The number of carboxylic acid groups (broad SMARTS) is 1. The number of benzene rings is 1. The second-order valence-corrected chi connectivity index (χ2v) is 4.32. The summed E-state index contributed by atoms with van der Waals surface area (Å²) < 4.78 is 5.16. The highest BCUT2D eigenvalue weighted by Gasteiger charge is 2.27. The van der Waals surface area contributed by atoms with Crippen LogP contribution in [0.2, 0.25) is 0 Å². The molecule has 1 aromatic carbocycles. The summed E-state index contributed by atoms with van der Waals surface area (Å²) in [5.74, 6) is -0.438. The molecule has 2 rings (SSSR count). The van der Waals surface area contributed by atoms with Crippen molar-refractivity contribution in [2.45, 2.75) is 25.7 Å². The molecule has 0 saturated heterocycles. The fraction of sp³-hybridized carbons (Fsp3) is 0.462.